The molecule has 1 N–H and O–H groups in total. The monoisotopic (exact) mass is 573 g/mol. The Morgan fingerprint density at radius 3 is 2.83 bits per heavy atom. The lowest BCUT2D eigenvalue weighted by molar-refractivity contribution is -0.149. The van der Waals surface area contributed by atoms with Crippen LogP contribution in [-0.4, -0.2) is 58.8 Å². The van der Waals surface area contributed by atoms with E-state index in [0.717, 1.165) is 86.2 Å². The summed E-state index contributed by atoms with van der Waals surface area (Å²) in [7, 11) is 0. The van der Waals surface area contributed by atoms with E-state index in [4.69, 9.17) is 14.5 Å². The SMILES string of the molecule is Cc1cccc(-c2csc(N3C[C@H]4CC3(C)[C@H]4C(=O)O)n2)c1OCc1ccc2c(c1C)CCN(C1CCOCC1)C2. The van der Waals surface area contributed by atoms with Crippen molar-refractivity contribution in [1.82, 2.24) is 9.88 Å². The maximum atomic E-state index is 11.8. The molecule has 8 heteroatoms. The van der Waals surface area contributed by atoms with E-state index < -0.39 is 5.97 Å². The molecule has 1 aromatic heterocycles. The summed E-state index contributed by atoms with van der Waals surface area (Å²) >= 11 is 1.60. The van der Waals surface area contributed by atoms with Crippen molar-refractivity contribution in [1.29, 1.82) is 0 Å². The van der Waals surface area contributed by atoms with E-state index in [-0.39, 0.29) is 17.4 Å². The van der Waals surface area contributed by atoms with E-state index in [1.807, 2.05) is 0 Å². The number of carbonyl (C=O) groups is 1. The van der Waals surface area contributed by atoms with E-state index in [0.29, 0.717) is 12.6 Å². The van der Waals surface area contributed by atoms with Gasteiger partial charge in [-0.05, 0) is 86.3 Å². The Kier molecular flexibility index (Phi) is 6.83. The van der Waals surface area contributed by atoms with Gasteiger partial charge in [-0.2, -0.15) is 0 Å². The van der Waals surface area contributed by atoms with Crippen LogP contribution >= 0.6 is 11.3 Å². The van der Waals surface area contributed by atoms with Gasteiger partial charge in [-0.1, -0.05) is 24.3 Å². The largest absolute Gasteiger partial charge is 0.488 e. The zero-order valence-corrected chi connectivity index (χ0v) is 25.0. The molecule has 7 nitrogen and oxygen atoms in total. The van der Waals surface area contributed by atoms with Crippen LogP contribution in [-0.2, 0) is 29.1 Å². The predicted octanol–water partition coefficient (Wildman–Crippen LogP) is 5.84. The predicted molar refractivity (Wildman–Crippen MR) is 161 cm³/mol. The summed E-state index contributed by atoms with van der Waals surface area (Å²) in [4.78, 5) is 21.7. The smallest absolute Gasteiger partial charge is 0.309 e. The first-order valence-electron chi connectivity index (χ1n) is 14.9. The number of thiazole rings is 1. The van der Waals surface area contributed by atoms with Crippen LogP contribution in [0.1, 0.15) is 54.0 Å². The zero-order chi connectivity index (χ0) is 28.3. The highest BCUT2D eigenvalue weighted by Gasteiger charge is 2.64. The molecular weight excluding hydrogens is 534 g/mol. The van der Waals surface area contributed by atoms with Crippen LogP contribution in [0.4, 0.5) is 5.13 Å². The minimum absolute atomic E-state index is 0.215. The highest BCUT2D eigenvalue weighted by molar-refractivity contribution is 7.14. The molecule has 4 aliphatic heterocycles. The van der Waals surface area contributed by atoms with Crippen LogP contribution in [0.3, 0.4) is 0 Å². The molecule has 4 fully saturated rings. The molecular formula is C33H39N3O4S. The van der Waals surface area contributed by atoms with Crippen molar-refractivity contribution < 1.29 is 19.4 Å². The number of aryl methyl sites for hydroxylation is 1. The molecule has 0 amide bonds. The fourth-order valence-corrected chi connectivity index (χ4v) is 8.87. The molecule has 1 aliphatic carbocycles. The van der Waals surface area contributed by atoms with Crippen LogP contribution in [0.25, 0.3) is 11.3 Å². The zero-order valence-electron chi connectivity index (χ0n) is 24.2. The first-order valence-corrected chi connectivity index (χ1v) is 15.8. The standard InChI is InChI=1S/C33H39N3O4S/c1-20-5-4-6-27(28-19-41-32(34-28)36-17-24-15-33(36,3)29(24)31(37)38)30(20)40-18-23-8-7-22-16-35(12-9-26(22)21(23)2)25-10-13-39-14-11-25/h4-8,19,24-25,29H,9-18H2,1-3H3,(H,37,38)/t24-,29-,33?/m1/s1. The Balaban J connectivity index is 1.08. The summed E-state index contributed by atoms with van der Waals surface area (Å²) < 4.78 is 12.2. The number of ether oxygens (including phenoxy) is 2. The summed E-state index contributed by atoms with van der Waals surface area (Å²) in [6.07, 6.45) is 4.29. The third kappa shape index (κ3) is 4.55. The van der Waals surface area contributed by atoms with Gasteiger partial charge in [0.1, 0.15) is 12.4 Å². The lowest BCUT2D eigenvalue weighted by atomic mass is 9.64. The maximum Gasteiger partial charge on any atom is 0.309 e. The maximum absolute atomic E-state index is 11.8. The van der Waals surface area contributed by atoms with Gasteiger partial charge in [0.15, 0.2) is 5.13 Å². The molecule has 1 unspecified atom stereocenters. The highest BCUT2D eigenvalue weighted by atomic mass is 32.1. The van der Waals surface area contributed by atoms with E-state index >= 15 is 0 Å². The molecule has 41 heavy (non-hydrogen) atoms. The lowest BCUT2D eigenvalue weighted by Gasteiger charge is -2.44. The number of carboxylic acid groups (broad SMARTS) is 1. The summed E-state index contributed by atoms with van der Waals surface area (Å²) in [6.45, 7) is 11.6. The molecule has 8 rings (SSSR count). The Hall–Kier alpha value is -2.94. The normalized spacial score (nSPS) is 26.1. The number of rotatable bonds is 7. The van der Waals surface area contributed by atoms with Gasteiger partial charge in [0.25, 0.3) is 0 Å². The van der Waals surface area contributed by atoms with Crippen LogP contribution < -0.4 is 9.64 Å². The minimum atomic E-state index is -0.688. The van der Waals surface area contributed by atoms with E-state index in [2.05, 4.69) is 66.3 Å². The van der Waals surface area contributed by atoms with Crippen LogP contribution in [0.15, 0.2) is 35.7 Å². The number of carboxylic acids is 1. The number of fused-ring (bicyclic) bond motifs is 2. The average Bonchev–Trinajstić information content (AvgIpc) is 3.65. The molecule has 5 aliphatic rings. The lowest BCUT2D eigenvalue weighted by Crippen LogP contribution is -2.54. The third-order valence-electron chi connectivity index (χ3n) is 10.2. The van der Waals surface area contributed by atoms with Crippen molar-refractivity contribution in [2.45, 2.75) is 71.2 Å². The second-order valence-corrected chi connectivity index (χ2v) is 13.4. The van der Waals surface area contributed by atoms with E-state index in [9.17, 15) is 9.90 Å². The molecule has 3 aromatic rings. The second-order valence-electron chi connectivity index (χ2n) is 12.6. The quantitative estimate of drug-likeness (QED) is 0.381. The summed E-state index contributed by atoms with van der Waals surface area (Å²) in [5, 5.41) is 12.7. The van der Waals surface area contributed by atoms with Gasteiger partial charge in [0.2, 0.25) is 0 Å². The number of aromatic nitrogens is 1. The molecule has 1 saturated carbocycles. The van der Waals surface area contributed by atoms with E-state index in [1.165, 1.54) is 22.3 Å². The Bertz CT molecular complexity index is 1480. The first kappa shape index (κ1) is 26.9. The van der Waals surface area contributed by atoms with Crippen molar-refractivity contribution in [2.75, 3.05) is 31.2 Å². The molecule has 216 valence electrons. The molecule has 0 spiro atoms. The van der Waals surface area contributed by atoms with Gasteiger partial charge >= 0.3 is 5.97 Å². The van der Waals surface area contributed by atoms with Gasteiger partial charge < -0.3 is 19.5 Å². The van der Waals surface area contributed by atoms with Crippen molar-refractivity contribution in [3.8, 4) is 17.0 Å². The molecule has 0 radical (unpaired) electrons. The second kappa shape index (κ2) is 10.4. The summed E-state index contributed by atoms with van der Waals surface area (Å²) in [5.41, 5.74) is 8.15. The topological polar surface area (TPSA) is 75.1 Å². The number of aliphatic carboxylic acids is 1. The molecule has 2 aromatic carbocycles. The molecule has 3 saturated heterocycles. The van der Waals surface area contributed by atoms with Crippen molar-refractivity contribution in [3.63, 3.8) is 0 Å². The average molecular weight is 574 g/mol. The van der Waals surface area contributed by atoms with E-state index in [1.54, 1.807) is 11.3 Å². The first-order chi connectivity index (χ1) is 19.8. The van der Waals surface area contributed by atoms with Gasteiger partial charge in [0, 0.05) is 49.8 Å². The van der Waals surface area contributed by atoms with Crippen LogP contribution in [0.5, 0.6) is 5.75 Å². The Morgan fingerprint density at radius 2 is 2.05 bits per heavy atom. The van der Waals surface area contributed by atoms with Crippen molar-refractivity contribution >= 4 is 22.4 Å². The fourth-order valence-electron chi connectivity index (χ4n) is 7.92. The molecule has 3 atom stereocenters. The van der Waals surface area contributed by atoms with Crippen molar-refractivity contribution in [3.05, 3.63) is 63.5 Å². The van der Waals surface area contributed by atoms with Gasteiger partial charge in [-0.15, -0.1) is 11.3 Å². The Labute approximate surface area is 246 Å². The number of benzene rings is 2. The van der Waals surface area contributed by atoms with Gasteiger partial charge in [-0.3, -0.25) is 9.69 Å². The van der Waals surface area contributed by atoms with Crippen LogP contribution in [0.2, 0.25) is 0 Å². The Morgan fingerprint density at radius 1 is 1.22 bits per heavy atom. The summed E-state index contributed by atoms with van der Waals surface area (Å²) in [5.74, 6) is 0.0871. The highest BCUT2D eigenvalue weighted by Crippen LogP contribution is 2.57. The number of nitrogens with zero attached hydrogens (tertiary/aromatic N) is 3. The van der Waals surface area contributed by atoms with Gasteiger partial charge in [0.05, 0.1) is 17.2 Å². The molecule has 2 bridgehead atoms. The van der Waals surface area contributed by atoms with Crippen molar-refractivity contribution in [2.24, 2.45) is 11.8 Å². The van der Waals surface area contributed by atoms with Gasteiger partial charge in [-0.25, -0.2) is 4.98 Å². The number of anilines is 1. The number of para-hydroxylation sites is 1. The number of hydrogen-bond acceptors (Lipinski definition) is 7. The fraction of sp³-hybridized carbons (Fsp3) is 0.515. The molecule has 5 heterocycles. The third-order valence-corrected chi connectivity index (χ3v) is 11.1. The number of hydrogen-bond donors (Lipinski definition) is 1. The van der Waals surface area contributed by atoms with Crippen LogP contribution in [0, 0.1) is 25.7 Å². The minimum Gasteiger partial charge on any atom is -0.488 e. The summed E-state index contributed by atoms with van der Waals surface area (Å²) in [6, 6.07) is 11.4.